The van der Waals surface area contributed by atoms with Gasteiger partial charge in [0, 0.05) is 32.1 Å². The number of Topliss-reactive ketones (excluding diaryl/α,β-unsaturated/α-hetero) is 1. The molecule has 0 aliphatic rings. The molecule has 0 aromatic heterocycles. The van der Waals surface area contributed by atoms with E-state index in [1.54, 1.807) is 0 Å². The number of anilines is 1. The van der Waals surface area contributed by atoms with Gasteiger partial charge in [-0.1, -0.05) is 61.5 Å². The van der Waals surface area contributed by atoms with Gasteiger partial charge in [-0.2, -0.15) is 19.2 Å². The zero-order chi connectivity index (χ0) is 43.9. The monoisotopic (exact) mass is 820 g/mol. The number of ketones is 1. The molecule has 1 rings (SSSR count). The van der Waals surface area contributed by atoms with Crippen molar-refractivity contribution in [3.8, 4) is 17.6 Å². The first-order chi connectivity index (χ1) is 26.7. The summed E-state index contributed by atoms with van der Waals surface area (Å²) < 4.78 is 28.3. The molecule has 1 aromatic carbocycles. The number of carbonyl (C=O) groups excluding carboxylic acids is 7. The number of rotatable bonds is 24. The first-order valence-corrected chi connectivity index (χ1v) is 22.3. The summed E-state index contributed by atoms with van der Waals surface area (Å²) >= 11 is 0. The van der Waals surface area contributed by atoms with Gasteiger partial charge in [-0.3, -0.25) is 14.4 Å². The lowest BCUT2D eigenvalue weighted by Crippen LogP contribution is -2.44. The number of nitrogens with one attached hydrogen (secondary N) is 2. The Balaban J connectivity index is 0. The smallest absolute Gasteiger partial charge is 0.373 e. The minimum absolute atomic E-state index is 0.0163. The molecule has 15 heteroatoms. The Kier molecular flexibility index (Phi) is 30.0. The summed E-state index contributed by atoms with van der Waals surface area (Å²) in [5.74, 6) is 5.50. The lowest BCUT2D eigenvalue weighted by molar-refractivity contribution is -0.193. The van der Waals surface area contributed by atoms with Crippen LogP contribution in [0.3, 0.4) is 0 Å². The van der Waals surface area contributed by atoms with E-state index in [0.717, 1.165) is 12.8 Å². The van der Waals surface area contributed by atoms with Crippen LogP contribution in [-0.4, -0.2) is 97.6 Å². The van der Waals surface area contributed by atoms with Crippen molar-refractivity contribution in [2.24, 2.45) is 17.3 Å². The number of carbonyl (C=O) groups is 3. The van der Waals surface area contributed by atoms with Gasteiger partial charge in [0.15, 0.2) is 0 Å². The Morgan fingerprint density at radius 3 is 1.89 bits per heavy atom. The number of hydrogen-bond acceptors (Lipinski definition) is 12. The predicted molar refractivity (Wildman–Crippen MR) is 218 cm³/mol. The Hall–Kier alpha value is -3.99. The van der Waals surface area contributed by atoms with E-state index in [1.807, 2.05) is 13.0 Å². The zero-order valence-electron chi connectivity index (χ0n) is 36.2. The van der Waals surface area contributed by atoms with E-state index in [1.165, 1.54) is 5.56 Å². The Bertz CT molecular complexity index is 1430. The summed E-state index contributed by atoms with van der Waals surface area (Å²) in [6, 6.07) is 6.22. The van der Waals surface area contributed by atoms with Gasteiger partial charge in [0.05, 0.1) is 51.7 Å². The van der Waals surface area contributed by atoms with Gasteiger partial charge in [0.2, 0.25) is 11.7 Å². The van der Waals surface area contributed by atoms with Gasteiger partial charge < -0.3 is 34.0 Å². The molecule has 0 heterocycles. The van der Waals surface area contributed by atoms with Crippen LogP contribution in [0.2, 0.25) is 18.1 Å². The average molecular weight is 821 g/mol. The molecule has 0 spiro atoms. The molecular formula is C42H68N2O12Si. The molecule has 0 bridgehead atoms. The molecule has 0 aliphatic heterocycles. The van der Waals surface area contributed by atoms with Gasteiger partial charge in [-0.05, 0) is 85.2 Å². The van der Waals surface area contributed by atoms with Crippen molar-refractivity contribution in [1.82, 2.24) is 5.32 Å². The van der Waals surface area contributed by atoms with Crippen LogP contribution in [0.25, 0.3) is 0 Å². The molecule has 0 saturated heterocycles. The quantitative estimate of drug-likeness (QED) is 0.0534. The SMILES string of the molecule is CCOCCOCCNC(=O)C#CC(=O)CCCOCCOCCC(=O)Nc1cc(C[C@H](C)CC(C)C(C)(C)C)ccc1O[Si](C)(C)C(C)(C)C.O=C=O.O=C=O. The predicted octanol–water partition coefficient (Wildman–Crippen LogP) is 6.04. The van der Waals surface area contributed by atoms with Crippen LogP contribution in [0, 0.1) is 29.1 Å². The van der Waals surface area contributed by atoms with Crippen molar-refractivity contribution in [2.75, 3.05) is 64.7 Å². The Morgan fingerprint density at radius 2 is 1.33 bits per heavy atom. The molecule has 1 unspecified atom stereocenters. The van der Waals surface area contributed by atoms with E-state index in [2.05, 4.69) is 103 Å². The number of hydrogen-bond donors (Lipinski definition) is 2. The first-order valence-electron chi connectivity index (χ1n) is 19.4. The van der Waals surface area contributed by atoms with E-state index in [9.17, 15) is 14.4 Å². The Morgan fingerprint density at radius 1 is 0.772 bits per heavy atom. The van der Waals surface area contributed by atoms with Crippen LogP contribution in [0.5, 0.6) is 5.75 Å². The Labute approximate surface area is 341 Å². The lowest BCUT2D eigenvalue weighted by atomic mass is 9.76. The van der Waals surface area contributed by atoms with Crippen LogP contribution in [0.4, 0.5) is 5.69 Å². The lowest BCUT2D eigenvalue weighted by Gasteiger charge is -2.37. The third-order valence-electron chi connectivity index (χ3n) is 9.27. The van der Waals surface area contributed by atoms with Gasteiger partial charge in [0.25, 0.3) is 14.2 Å². The summed E-state index contributed by atoms with van der Waals surface area (Å²) in [5, 5.41) is 5.70. The highest BCUT2D eigenvalue weighted by atomic mass is 28.4. The minimum Gasteiger partial charge on any atom is -0.542 e. The maximum absolute atomic E-state index is 13.0. The van der Waals surface area contributed by atoms with Crippen LogP contribution >= 0.6 is 0 Å². The van der Waals surface area contributed by atoms with Crippen LogP contribution in [0.1, 0.15) is 93.6 Å². The maximum atomic E-state index is 13.0. The van der Waals surface area contributed by atoms with Crippen molar-refractivity contribution in [2.45, 2.75) is 113 Å². The van der Waals surface area contributed by atoms with Gasteiger partial charge in [0.1, 0.15) is 5.75 Å². The molecule has 57 heavy (non-hydrogen) atoms. The topological polar surface area (TPSA) is 190 Å². The minimum atomic E-state index is -2.13. The highest BCUT2D eigenvalue weighted by Gasteiger charge is 2.39. The first kappa shape index (κ1) is 55.1. The molecule has 0 saturated carbocycles. The summed E-state index contributed by atoms with van der Waals surface area (Å²) in [6.07, 6.45) is 3.44. The molecule has 322 valence electrons. The van der Waals surface area contributed by atoms with Crippen molar-refractivity contribution < 1.29 is 56.9 Å². The second-order valence-electron chi connectivity index (χ2n) is 16.0. The fraction of sp³-hybridized carbons (Fsp3) is 0.690. The summed E-state index contributed by atoms with van der Waals surface area (Å²) in [4.78, 5) is 69.2. The zero-order valence-corrected chi connectivity index (χ0v) is 37.2. The molecule has 0 radical (unpaired) electrons. The third kappa shape index (κ3) is 29.0. The summed E-state index contributed by atoms with van der Waals surface area (Å²) in [6.45, 7) is 28.0. The standard InChI is InChI=1S/C40H68N2O8Si.2CO2/c1-12-46-24-25-49-23-20-41-37(44)18-16-34(43)14-13-21-47-26-27-48-22-19-38(45)42-35-30-33(29-31(2)28-32(3)39(4,5)6)15-17-36(35)50-51(10,11)40(7,8)9;2*2-1-3/h15,17,30-32H,12-14,19-29H2,1-11H3,(H,41,44)(H,42,45);;/t31-,32?;;/m1../s1. The fourth-order valence-electron chi connectivity index (χ4n) is 4.63. The van der Waals surface area contributed by atoms with Crippen LogP contribution in [0.15, 0.2) is 18.2 Å². The second kappa shape index (κ2) is 31.1. The highest BCUT2D eigenvalue weighted by molar-refractivity contribution is 6.74. The van der Waals surface area contributed by atoms with Crippen molar-refractivity contribution >= 4 is 43.9 Å². The molecule has 0 fully saturated rings. The van der Waals surface area contributed by atoms with Crippen LogP contribution < -0.4 is 15.1 Å². The number of amides is 2. The van der Waals surface area contributed by atoms with E-state index in [0.29, 0.717) is 82.5 Å². The van der Waals surface area contributed by atoms with Gasteiger partial charge >= 0.3 is 12.3 Å². The van der Waals surface area contributed by atoms with Gasteiger partial charge in [-0.25, -0.2) is 0 Å². The molecule has 1 aromatic rings. The number of ether oxygens (including phenoxy) is 4. The van der Waals surface area contributed by atoms with Gasteiger partial charge in [-0.15, -0.1) is 0 Å². The van der Waals surface area contributed by atoms with Crippen molar-refractivity contribution in [3.63, 3.8) is 0 Å². The largest absolute Gasteiger partial charge is 0.542 e. The average Bonchev–Trinajstić information content (AvgIpc) is 3.10. The second-order valence-corrected chi connectivity index (χ2v) is 20.8. The van der Waals surface area contributed by atoms with E-state index in [4.69, 9.17) is 42.6 Å². The highest BCUT2D eigenvalue weighted by Crippen LogP contribution is 2.40. The fourth-order valence-corrected chi connectivity index (χ4v) is 5.66. The third-order valence-corrected chi connectivity index (χ3v) is 13.6. The van der Waals surface area contributed by atoms with Crippen molar-refractivity contribution in [1.29, 1.82) is 0 Å². The molecule has 2 N–H and O–H groups in total. The summed E-state index contributed by atoms with van der Waals surface area (Å²) in [5.41, 5.74) is 2.15. The normalized spacial score (nSPS) is 12.1. The number of benzene rings is 1. The molecular weight excluding hydrogens is 753 g/mol. The molecule has 2 atom stereocenters. The van der Waals surface area contributed by atoms with E-state index in [-0.39, 0.29) is 53.9 Å². The summed E-state index contributed by atoms with van der Waals surface area (Å²) in [7, 11) is -2.13. The molecule has 14 nitrogen and oxygen atoms in total. The van der Waals surface area contributed by atoms with E-state index < -0.39 is 14.2 Å². The van der Waals surface area contributed by atoms with Crippen LogP contribution in [-0.2, 0) is 58.9 Å². The molecule has 2 amide bonds. The maximum Gasteiger partial charge on any atom is 0.373 e. The molecule has 0 aliphatic carbocycles. The van der Waals surface area contributed by atoms with Crippen molar-refractivity contribution in [3.05, 3.63) is 23.8 Å². The van der Waals surface area contributed by atoms with E-state index >= 15 is 0 Å².